The third kappa shape index (κ3) is 1.29. The maximum atomic E-state index is 11.1. The molecule has 2 rings (SSSR count). The Morgan fingerprint density at radius 2 is 2.07 bits per heavy atom. The van der Waals surface area contributed by atoms with E-state index in [0.29, 0.717) is 0 Å². The molecule has 1 heterocycles. The number of nitrogens with one attached hydrogen (secondary N) is 1. The first-order chi connectivity index (χ1) is 6.87. The molecule has 0 saturated heterocycles. The van der Waals surface area contributed by atoms with E-state index in [4.69, 9.17) is 5.11 Å². The van der Waals surface area contributed by atoms with Gasteiger partial charge in [0, 0.05) is 17.8 Å². The summed E-state index contributed by atoms with van der Waals surface area (Å²) in [4.78, 5) is 14.3. The highest BCUT2D eigenvalue weighted by atomic mass is 16.4. The molecular formula is C12H17NO2. The van der Waals surface area contributed by atoms with Crippen LogP contribution in [0.3, 0.4) is 0 Å². The van der Waals surface area contributed by atoms with Gasteiger partial charge in [0.05, 0.1) is 5.92 Å². The molecule has 1 aromatic rings. The monoisotopic (exact) mass is 207 g/mol. The highest BCUT2D eigenvalue weighted by Gasteiger charge is 2.63. The maximum absolute atomic E-state index is 11.1. The Bertz CT molecular complexity index is 398. The molecular weight excluding hydrogens is 190 g/mol. The first kappa shape index (κ1) is 10.3. The minimum atomic E-state index is -0.676. The molecule has 2 unspecified atom stereocenters. The minimum absolute atomic E-state index is 0.108. The SMILES string of the molecule is Cc1c[nH]c(C)c1C1C(C(=O)O)C1(C)C. The van der Waals surface area contributed by atoms with Gasteiger partial charge < -0.3 is 10.1 Å². The average Bonchev–Trinajstić information content (AvgIpc) is 2.50. The summed E-state index contributed by atoms with van der Waals surface area (Å²) < 4.78 is 0. The second kappa shape index (κ2) is 2.87. The Balaban J connectivity index is 2.39. The van der Waals surface area contributed by atoms with Gasteiger partial charge in [-0.25, -0.2) is 0 Å². The summed E-state index contributed by atoms with van der Waals surface area (Å²) in [6.45, 7) is 8.10. The number of rotatable bonds is 2. The minimum Gasteiger partial charge on any atom is -0.481 e. The zero-order valence-electron chi connectivity index (χ0n) is 9.59. The Labute approximate surface area is 89.5 Å². The van der Waals surface area contributed by atoms with E-state index in [1.165, 1.54) is 11.1 Å². The van der Waals surface area contributed by atoms with E-state index in [-0.39, 0.29) is 17.3 Å². The third-order valence-electron chi connectivity index (χ3n) is 3.74. The number of carbonyl (C=O) groups is 1. The summed E-state index contributed by atoms with van der Waals surface area (Å²) >= 11 is 0. The van der Waals surface area contributed by atoms with Gasteiger partial charge in [-0.1, -0.05) is 13.8 Å². The number of hydrogen-bond acceptors (Lipinski definition) is 1. The third-order valence-corrected chi connectivity index (χ3v) is 3.74. The lowest BCUT2D eigenvalue weighted by Crippen LogP contribution is -2.03. The number of carboxylic acids is 1. The van der Waals surface area contributed by atoms with E-state index in [0.717, 1.165) is 5.69 Å². The summed E-state index contributed by atoms with van der Waals surface area (Å²) in [5.41, 5.74) is 3.37. The Morgan fingerprint density at radius 3 is 2.40 bits per heavy atom. The fourth-order valence-electron chi connectivity index (χ4n) is 2.78. The predicted octanol–water partition coefficient (Wildman–Crippen LogP) is 2.46. The van der Waals surface area contributed by atoms with Gasteiger partial charge in [0.1, 0.15) is 0 Å². The molecule has 3 nitrogen and oxygen atoms in total. The van der Waals surface area contributed by atoms with E-state index in [1.807, 2.05) is 33.9 Å². The zero-order chi connectivity index (χ0) is 11.4. The molecule has 0 radical (unpaired) electrons. The van der Waals surface area contributed by atoms with E-state index in [2.05, 4.69) is 4.98 Å². The summed E-state index contributed by atoms with van der Waals surface area (Å²) in [6, 6.07) is 0. The number of carboxylic acid groups (broad SMARTS) is 1. The normalized spacial score (nSPS) is 27.7. The number of aliphatic carboxylic acids is 1. The van der Waals surface area contributed by atoms with Gasteiger partial charge >= 0.3 is 5.97 Å². The second-order valence-corrected chi connectivity index (χ2v) is 5.13. The summed E-state index contributed by atoms with van der Waals surface area (Å²) in [7, 11) is 0. The van der Waals surface area contributed by atoms with Gasteiger partial charge in [-0.2, -0.15) is 0 Å². The van der Waals surface area contributed by atoms with Crippen LogP contribution in [0.25, 0.3) is 0 Å². The first-order valence-corrected chi connectivity index (χ1v) is 5.24. The molecule has 1 saturated carbocycles. The number of aromatic nitrogens is 1. The molecule has 1 aromatic heterocycles. The van der Waals surface area contributed by atoms with Crippen molar-refractivity contribution in [3.8, 4) is 0 Å². The lowest BCUT2D eigenvalue weighted by atomic mass is 10.0. The molecule has 0 bridgehead atoms. The lowest BCUT2D eigenvalue weighted by Gasteiger charge is -2.03. The van der Waals surface area contributed by atoms with Crippen LogP contribution >= 0.6 is 0 Å². The highest BCUT2D eigenvalue weighted by molar-refractivity contribution is 5.78. The van der Waals surface area contributed by atoms with Crippen molar-refractivity contribution >= 4 is 5.97 Å². The van der Waals surface area contributed by atoms with Crippen LogP contribution in [-0.2, 0) is 4.79 Å². The zero-order valence-corrected chi connectivity index (χ0v) is 9.59. The average molecular weight is 207 g/mol. The van der Waals surface area contributed by atoms with Gasteiger partial charge in [-0.05, 0) is 30.4 Å². The molecule has 1 aliphatic rings. The molecule has 0 aromatic carbocycles. The number of aromatic amines is 1. The molecule has 82 valence electrons. The molecule has 1 aliphatic carbocycles. The maximum Gasteiger partial charge on any atom is 0.307 e. The van der Waals surface area contributed by atoms with Crippen LogP contribution in [0.4, 0.5) is 0 Å². The largest absolute Gasteiger partial charge is 0.481 e. The van der Waals surface area contributed by atoms with E-state index >= 15 is 0 Å². The number of H-pyrrole nitrogens is 1. The molecule has 2 atom stereocenters. The predicted molar refractivity (Wildman–Crippen MR) is 57.9 cm³/mol. The molecule has 3 heteroatoms. The topological polar surface area (TPSA) is 53.1 Å². The van der Waals surface area contributed by atoms with Crippen LogP contribution in [0.5, 0.6) is 0 Å². The molecule has 0 amide bonds. The van der Waals surface area contributed by atoms with Crippen molar-refractivity contribution in [2.75, 3.05) is 0 Å². The summed E-state index contributed by atoms with van der Waals surface area (Å²) in [5.74, 6) is -0.739. The number of hydrogen-bond donors (Lipinski definition) is 2. The van der Waals surface area contributed by atoms with Crippen molar-refractivity contribution in [2.45, 2.75) is 33.6 Å². The molecule has 15 heavy (non-hydrogen) atoms. The van der Waals surface area contributed by atoms with Gasteiger partial charge in [-0.15, -0.1) is 0 Å². The van der Waals surface area contributed by atoms with E-state index in [1.54, 1.807) is 0 Å². The van der Waals surface area contributed by atoms with Crippen molar-refractivity contribution in [1.82, 2.24) is 4.98 Å². The van der Waals surface area contributed by atoms with Gasteiger partial charge in [-0.3, -0.25) is 4.79 Å². The van der Waals surface area contributed by atoms with E-state index in [9.17, 15) is 4.79 Å². The summed E-state index contributed by atoms with van der Waals surface area (Å²) in [5, 5.41) is 9.13. The second-order valence-electron chi connectivity index (χ2n) is 5.13. The standard InChI is InChI=1S/C12H17NO2/c1-6-5-13-7(2)8(6)9-10(11(14)15)12(9,3)4/h5,9-10,13H,1-4H3,(H,14,15). The smallest absolute Gasteiger partial charge is 0.307 e. The highest BCUT2D eigenvalue weighted by Crippen LogP contribution is 2.65. The molecule has 0 aliphatic heterocycles. The van der Waals surface area contributed by atoms with Crippen LogP contribution in [0.15, 0.2) is 6.20 Å². The molecule has 1 fully saturated rings. The van der Waals surface area contributed by atoms with Crippen molar-refractivity contribution in [3.05, 3.63) is 23.0 Å². The van der Waals surface area contributed by atoms with Crippen molar-refractivity contribution in [1.29, 1.82) is 0 Å². The molecule has 0 spiro atoms. The Hall–Kier alpha value is -1.25. The van der Waals surface area contributed by atoms with Crippen LogP contribution in [0.1, 0.15) is 36.6 Å². The van der Waals surface area contributed by atoms with Crippen LogP contribution in [0, 0.1) is 25.2 Å². The van der Waals surface area contributed by atoms with E-state index < -0.39 is 5.97 Å². The van der Waals surface area contributed by atoms with Gasteiger partial charge in [0.15, 0.2) is 0 Å². The van der Waals surface area contributed by atoms with Crippen molar-refractivity contribution in [3.63, 3.8) is 0 Å². The Morgan fingerprint density at radius 1 is 1.47 bits per heavy atom. The van der Waals surface area contributed by atoms with Crippen molar-refractivity contribution < 1.29 is 9.90 Å². The van der Waals surface area contributed by atoms with Crippen LogP contribution in [0.2, 0.25) is 0 Å². The number of aryl methyl sites for hydroxylation is 2. The summed E-state index contributed by atoms with van der Waals surface area (Å²) in [6.07, 6.45) is 1.96. The molecule has 2 N–H and O–H groups in total. The lowest BCUT2D eigenvalue weighted by molar-refractivity contribution is -0.139. The van der Waals surface area contributed by atoms with Crippen molar-refractivity contribution in [2.24, 2.45) is 11.3 Å². The van der Waals surface area contributed by atoms with Crippen LogP contribution in [-0.4, -0.2) is 16.1 Å². The first-order valence-electron chi connectivity index (χ1n) is 5.24. The van der Waals surface area contributed by atoms with Gasteiger partial charge in [0.2, 0.25) is 0 Å². The Kier molecular flexibility index (Phi) is 1.97. The quantitative estimate of drug-likeness (QED) is 0.782. The van der Waals surface area contributed by atoms with Crippen LogP contribution < -0.4 is 0 Å². The fourth-order valence-corrected chi connectivity index (χ4v) is 2.78. The van der Waals surface area contributed by atoms with Gasteiger partial charge in [0.25, 0.3) is 0 Å². The fraction of sp³-hybridized carbons (Fsp3) is 0.583.